The van der Waals surface area contributed by atoms with Gasteiger partial charge in [0, 0.05) is 11.4 Å². The molecule has 0 bridgehead atoms. The van der Waals surface area contributed by atoms with Crippen molar-refractivity contribution in [1.82, 2.24) is 0 Å². The van der Waals surface area contributed by atoms with Gasteiger partial charge in [0.2, 0.25) is 0 Å². The van der Waals surface area contributed by atoms with Crippen LogP contribution >= 0.6 is 11.3 Å². The summed E-state index contributed by atoms with van der Waals surface area (Å²) in [6.45, 7) is 0.515. The van der Waals surface area contributed by atoms with Gasteiger partial charge in [-0.25, -0.2) is 0 Å². The van der Waals surface area contributed by atoms with Crippen LogP contribution in [0.15, 0.2) is 0 Å². The first-order chi connectivity index (χ1) is 8.26. The number of anilines is 1. The average molecular weight is 250 g/mol. The molecule has 17 heavy (non-hydrogen) atoms. The second-order valence-corrected chi connectivity index (χ2v) is 5.03. The van der Waals surface area contributed by atoms with Crippen LogP contribution < -0.4 is 5.32 Å². The molecular weight excluding hydrogens is 236 g/mol. The van der Waals surface area contributed by atoms with E-state index in [0.29, 0.717) is 13.0 Å². The lowest BCUT2D eigenvalue weighted by Gasteiger charge is -2.03. The summed E-state index contributed by atoms with van der Waals surface area (Å²) in [4.78, 5) is 12.3. The van der Waals surface area contributed by atoms with Crippen LogP contribution in [-0.2, 0) is 22.4 Å². The number of ether oxygens (including phenoxy) is 1. The van der Waals surface area contributed by atoms with Crippen LogP contribution in [0.5, 0.6) is 0 Å². The Hall–Kier alpha value is -1.54. The first-order valence-electron chi connectivity index (χ1n) is 5.61. The highest BCUT2D eigenvalue weighted by Crippen LogP contribution is 2.38. The number of aryl methyl sites for hydroxylation is 1. The van der Waals surface area contributed by atoms with Crippen LogP contribution in [0, 0.1) is 11.3 Å². The van der Waals surface area contributed by atoms with Crippen molar-refractivity contribution in [2.45, 2.75) is 25.7 Å². The average Bonchev–Trinajstić information content (AvgIpc) is 2.88. The molecule has 0 atom stereocenters. The third-order valence-electron chi connectivity index (χ3n) is 2.88. The van der Waals surface area contributed by atoms with Gasteiger partial charge in [-0.1, -0.05) is 0 Å². The molecule has 1 heterocycles. The van der Waals surface area contributed by atoms with E-state index in [0.717, 1.165) is 29.8 Å². The molecule has 0 aromatic carbocycles. The fourth-order valence-electron chi connectivity index (χ4n) is 2.03. The standard InChI is InChI=1S/C12H14N2O2S/c1-16-11(15)5-6-14-12-9(7-13)8-3-2-4-10(8)17-12/h14H,2-6H2,1H3. The summed E-state index contributed by atoms with van der Waals surface area (Å²) in [7, 11) is 1.38. The molecule has 0 radical (unpaired) electrons. The van der Waals surface area contributed by atoms with Gasteiger partial charge in [0.15, 0.2) is 0 Å². The summed E-state index contributed by atoms with van der Waals surface area (Å²) in [6.07, 6.45) is 3.56. The zero-order chi connectivity index (χ0) is 12.3. The van der Waals surface area contributed by atoms with E-state index >= 15 is 0 Å². The predicted molar refractivity (Wildman–Crippen MR) is 66.2 cm³/mol. The Morgan fingerprint density at radius 2 is 2.41 bits per heavy atom. The SMILES string of the molecule is COC(=O)CCNc1sc2c(c1C#N)CCC2. The van der Waals surface area contributed by atoms with Crippen LogP contribution in [-0.4, -0.2) is 19.6 Å². The molecule has 0 spiro atoms. The monoisotopic (exact) mass is 250 g/mol. The number of methoxy groups -OCH3 is 1. The van der Waals surface area contributed by atoms with E-state index in [9.17, 15) is 4.79 Å². The number of carbonyl (C=O) groups excluding carboxylic acids is 1. The Balaban J connectivity index is 2.02. The molecule has 5 heteroatoms. The number of nitriles is 1. The summed E-state index contributed by atoms with van der Waals surface area (Å²) in [5.41, 5.74) is 1.98. The first-order valence-corrected chi connectivity index (χ1v) is 6.43. The van der Waals surface area contributed by atoms with Gasteiger partial charge in [0.1, 0.15) is 11.1 Å². The van der Waals surface area contributed by atoms with Gasteiger partial charge < -0.3 is 10.1 Å². The van der Waals surface area contributed by atoms with Crippen LogP contribution in [0.2, 0.25) is 0 Å². The minimum atomic E-state index is -0.236. The second kappa shape index (κ2) is 5.19. The van der Waals surface area contributed by atoms with Crippen LogP contribution in [0.4, 0.5) is 5.00 Å². The van der Waals surface area contributed by atoms with E-state index in [2.05, 4.69) is 16.1 Å². The Bertz CT molecular complexity index is 474. The molecule has 1 aromatic rings. The number of rotatable bonds is 4. The number of thiophene rings is 1. The zero-order valence-corrected chi connectivity index (χ0v) is 10.5. The highest BCUT2D eigenvalue weighted by atomic mass is 32.1. The van der Waals surface area contributed by atoms with Crippen molar-refractivity contribution in [2.24, 2.45) is 0 Å². The summed E-state index contributed by atoms with van der Waals surface area (Å²) >= 11 is 1.65. The van der Waals surface area contributed by atoms with E-state index < -0.39 is 0 Å². The molecule has 0 fully saturated rings. The fourth-order valence-corrected chi connectivity index (χ4v) is 3.29. The van der Waals surface area contributed by atoms with Gasteiger partial charge in [0.05, 0.1) is 19.1 Å². The molecule has 0 saturated carbocycles. The Kier molecular flexibility index (Phi) is 3.64. The van der Waals surface area contributed by atoms with E-state index in [1.165, 1.54) is 17.6 Å². The Labute approximate surface area is 104 Å². The maximum absolute atomic E-state index is 11.0. The lowest BCUT2D eigenvalue weighted by Crippen LogP contribution is -2.09. The quantitative estimate of drug-likeness (QED) is 0.831. The van der Waals surface area contributed by atoms with Gasteiger partial charge in [-0.3, -0.25) is 4.79 Å². The largest absolute Gasteiger partial charge is 0.469 e. The maximum Gasteiger partial charge on any atom is 0.307 e. The molecular formula is C12H14N2O2S. The van der Waals surface area contributed by atoms with E-state index in [1.807, 2.05) is 0 Å². The van der Waals surface area contributed by atoms with Gasteiger partial charge in [0.25, 0.3) is 0 Å². The third kappa shape index (κ3) is 2.42. The van der Waals surface area contributed by atoms with E-state index in [4.69, 9.17) is 5.26 Å². The molecule has 1 aliphatic carbocycles. The number of hydrogen-bond acceptors (Lipinski definition) is 5. The van der Waals surface area contributed by atoms with Crippen LogP contribution in [0.1, 0.15) is 28.8 Å². The third-order valence-corrected chi connectivity index (χ3v) is 4.12. The van der Waals surface area contributed by atoms with Gasteiger partial charge in [-0.2, -0.15) is 5.26 Å². The molecule has 0 unspecified atom stereocenters. The molecule has 0 saturated heterocycles. The predicted octanol–water partition coefficient (Wildman–Crippen LogP) is 2.08. The van der Waals surface area contributed by atoms with Crippen molar-refractivity contribution < 1.29 is 9.53 Å². The van der Waals surface area contributed by atoms with Crippen molar-refractivity contribution in [3.8, 4) is 6.07 Å². The lowest BCUT2D eigenvalue weighted by molar-refractivity contribution is -0.140. The van der Waals surface area contributed by atoms with Crippen molar-refractivity contribution in [3.05, 3.63) is 16.0 Å². The minimum Gasteiger partial charge on any atom is -0.469 e. The van der Waals surface area contributed by atoms with Gasteiger partial charge in [-0.15, -0.1) is 11.3 Å². The molecule has 0 aliphatic heterocycles. The second-order valence-electron chi connectivity index (χ2n) is 3.93. The smallest absolute Gasteiger partial charge is 0.307 e. The summed E-state index contributed by atoms with van der Waals surface area (Å²) in [6, 6.07) is 2.26. The highest BCUT2D eigenvalue weighted by Gasteiger charge is 2.21. The van der Waals surface area contributed by atoms with E-state index in [1.54, 1.807) is 11.3 Å². The normalized spacial score (nSPS) is 12.9. The van der Waals surface area contributed by atoms with Gasteiger partial charge >= 0.3 is 5.97 Å². The number of hydrogen-bond donors (Lipinski definition) is 1. The number of nitrogens with one attached hydrogen (secondary N) is 1. The van der Waals surface area contributed by atoms with Crippen LogP contribution in [0.25, 0.3) is 0 Å². The molecule has 2 rings (SSSR count). The molecule has 1 N–H and O–H groups in total. The molecule has 1 aliphatic rings. The summed E-state index contributed by atoms with van der Waals surface area (Å²) in [5.74, 6) is -0.236. The van der Waals surface area contributed by atoms with E-state index in [-0.39, 0.29) is 5.97 Å². The van der Waals surface area contributed by atoms with Crippen molar-refractivity contribution in [2.75, 3.05) is 19.0 Å². The number of esters is 1. The van der Waals surface area contributed by atoms with Gasteiger partial charge in [-0.05, 0) is 24.8 Å². The number of carbonyl (C=O) groups is 1. The lowest BCUT2D eigenvalue weighted by atomic mass is 10.1. The highest BCUT2D eigenvalue weighted by molar-refractivity contribution is 7.16. The zero-order valence-electron chi connectivity index (χ0n) is 9.71. The molecule has 0 amide bonds. The van der Waals surface area contributed by atoms with Crippen LogP contribution in [0.3, 0.4) is 0 Å². The molecule has 1 aromatic heterocycles. The number of nitrogens with zero attached hydrogens (tertiary/aromatic N) is 1. The fraction of sp³-hybridized carbons (Fsp3) is 0.500. The number of fused-ring (bicyclic) bond motifs is 1. The Morgan fingerprint density at radius 1 is 1.59 bits per heavy atom. The maximum atomic E-state index is 11.0. The topological polar surface area (TPSA) is 62.1 Å². The van der Waals surface area contributed by atoms with Crippen molar-refractivity contribution >= 4 is 22.3 Å². The van der Waals surface area contributed by atoms with Crippen molar-refractivity contribution in [3.63, 3.8) is 0 Å². The minimum absolute atomic E-state index is 0.236. The molecule has 90 valence electrons. The summed E-state index contributed by atoms with van der Waals surface area (Å²) < 4.78 is 4.57. The molecule has 4 nitrogen and oxygen atoms in total. The van der Waals surface area contributed by atoms with Crippen molar-refractivity contribution in [1.29, 1.82) is 5.26 Å². The first kappa shape index (κ1) is 11.9. The Morgan fingerprint density at radius 3 is 3.12 bits per heavy atom. The summed E-state index contributed by atoms with van der Waals surface area (Å²) in [5, 5.41) is 13.2.